The third-order valence-corrected chi connectivity index (χ3v) is 7.14. The van der Waals surface area contributed by atoms with Crippen molar-refractivity contribution in [3.05, 3.63) is 35.5 Å². The first-order chi connectivity index (χ1) is 16.0. The van der Waals surface area contributed by atoms with Crippen molar-refractivity contribution in [2.75, 3.05) is 39.3 Å². The molecule has 3 aliphatic rings. The summed E-state index contributed by atoms with van der Waals surface area (Å²) in [6.07, 6.45) is 6.40. The molecule has 0 radical (unpaired) electrons. The van der Waals surface area contributed by atoms with Crippen molar-refractivity contribution >= 4 is 17.4 Å². The van der Waals surface area contributed by atoms with Crippen LogP contribution in [0.4, 0.5) is 0 Å². The summed E-state index contributed by atoms with van der Waals surface area (Å²) in [7, 11) is 0. The van der Waals surface area contributed by atoms with Gasteiger partial charge >= 0.3 is 0 Å². The highest BCUT2D eigenvalue weighted by Crippen LogP contribution is 2.36. The highest BCUT2D eigenvalue weighted by molar-refractivity contribution is 6.35. The zero-order valence-corrected chi connectivity index (χ0v) is 20.5. The molecule has 1 saturated carbocycles. The van der Waals surface area contributed by atoms with Crippen LogP contribution in [0.1, 0.15) is 64.9 Å². The second-order valence-corrected chi connectivity index (χ2v) is 10.00. The van der Waals surface area contributed by atoms with E-state index in [0.29, 0.717) is 23.8 Å². The van der Waals surface area contributed by atoms with Gasteiger partial charge in [-0.1, -0.05) is 58.6 Å². The maximum Gasteiger partial charge on any atom is 0.278 e. The number of imide groups is 1. The first-order valence-electron chi connectivity index (χ1n) is 12.8. The third-order valence-electron chi connectivity index (χ3n) is 7.14. The molecule has 4 rings (SSSR count). The molecule has 2 aliphatic heterocycles. The molecule has 2 heterocycles. The van der Waals surface area contributed by atoms with E-state index in [0.717, 1.165) is 69.7 Å². The van der Waals surface area contributed by atoms with Crippen LogP contribution in [0.15, 0.2) is 30.0 Å². The number of carbonyl (C=O) groups is 2. The second kappa shape index (κ2) is 10.7. The molecule has 1 saturated heterocycles. The smallest absolute Gasteiger partial charge is 0.278 e. The van der Waals surface area contributed by atoms with Crippen LogP contribution in [0.2, 0.25) is 0 Å². The van der Waals surface area contributed by atoms with Gasteiger partial charge in [-0.05, 0) is 43.0 Å². The van der Waals surface area contributed by atoms with Crippen LogP contribution in [0.25, 0.3) is 5.57 Å². The third kappa shape index (κ3) is 5.26. The Kier molecular flexibility index (Phi) is 7.74. The van der Waals surface area contributed by atoms with E-state index in [-0.39, 0.29) is 17.9 Å². The number of ether oxygens (including phenoxy) is 1. The van der Waals surface area contributed by atoms with Gasteiger partial charge in [0.15, 0.2) is 0 Å². The molecule has 0 atom stereocenters. The van der Waals surface area contributed by atoms with Crippen molar-refractivity contribution < 1.29 is 14.3 Å². The fraction of sp³-hybridized carbons (Fsp3) is 0.630. The van der Waals surface area contributed by atoms with Gasteiger partial charge in [-0.25, -0.2) is 0 Å². The van der Waals surface area contributed by atoms with Gasteiger partial charge in [0, 0.05) is 32.2 Å². The lowest BCUT2D eigenvalue weighted by atomic mass is 10.0. The molecule has 33 heavy (non-hydrogen) atoms. The predicted octanol–water partition coefficient (Wildman–Crippen LogP) is 4.16. The zero-order chi connectivity index (χ0) is 23.4. The van der Waals surface area contributed by atoms with E-state index in [4.69, 9.17) is 4.74 Å². The summed E-state index contributed by atoms with van der Waals surface area (Å²) in [5.41, 5.74) is 2.00. The summed E-state index contributed by atoms with van der Waals surface area (Å²) in [6.45, 7) is 11.5. The van der Waals surface area contributed by atoms with Crippen molar-refractivity contribution in [3.8, 4) is 5.75 Å². The standard InChI is InChI=1S/C27H39N3O3/c1-4-28-15-17-29(18-16-28)25-24(21-11-13-23(14-12-21)33-19-20(2)3)26(31)30(27(25)32)22-9-7-5-6-8-10-22/h11-14,20,22H,4-10,15-19H2,1-3H3. The van der Waals surface area contributed by atoms with Gasteiger partial charge in [-0.3, -0.25) is 14.5 Å². The van der Waals surface area contributed by atoms with Crippen molar-refractivity contribution in [3.63, 3.8) is 0 Å². The van der Waals surface area contributed by atoms with Crippen LogP contribution in [0, 0.1) is 5.92 Å². The van der Waals surface area contributed by atoms with E-state index < -0.39 is 0 Å². The van der Waals surface area contributed by atoms with Gasteiger partial charge in [0.05, 0.1) is 12.2 Å². The van der Waals surface area contributed by atoms with E-state index in [1.807, 2.05) is 24.3 Å². The van der Waals surface area contributed by atoms with E-state index in [1.165, 1.54) is 12.8 Å². The Hall–Kier alpha value is -2.34. The normalized spacial score (nSPS) is 21.3. The number of hydrogen-bond acceptors (Lipinski definition) is 5. The Balaban J connectivity index is 1.64. The molecular formula is C27H39N3O3. The number of piperazine rings is 1. The molecule has 1 aromatic carbocycles. The number of rotatable bonds is 7. The molecule has 0 aromatic heterocycles. The van der Waals surface area contributed by atoms with Gasteiger partial charge in [-0.2, -0.15) is 0 Å². The van der Waals surface area contributed by atoms with E-state index in [9.17, 15) is 9.59 Å². The highest BCUT2D eigenvalue weighted by Gasteiger charge is 2.45. The maximum absolute atomic E-state index is 13.8. The Morgan fingerprint density at radius 1 is 0.909 bits per heavy atom. The van der Waals surface area contributed by atoms with Crippen LogP contribution < -0.4 is 4.74 Å². The lowest BCUT2D eigenvalue weighted by Crippen LogP contribution is -2.48. The Labute approximate surface area is 198 Å². The lowest BCUT2D eigenvalue weighted by Gasteiger charge is -2.36. The van der Waals surface area contributed by atoms with Crippen LogP contribution >= 0.6 is 0 Å². The fourth-order valence-electron chi connectivity index (χ4n) is 5.20. The molecule has 2 amide bonds. The fourth-order valence-corrected chi connectivity index (χ4v) is 5.20. The molecule has 6 nitrogen and oxygen atoms in total. The van der Waals surface area contributed by atoms with Crippen molar-refractivity contribution in [1.29, 1.82) is 0 Å². The highest BCUT2D eigenvalue weighted by atomic mass is 16.5. The van der Waals surface area contributed by atoms with Crippen molar-refractivity contribution in [2.24, 2.45) is 5.92 Å². The van der Waals surface area contributed by atoms with E-state index >= 15 is 0 Å². The number of amides is 2. The quantitative estimate of drug-likeness (QED) is 0.458. The Morgan fingerprint density at radius 2 is 1.55 bits per heavy atom. The number of likely N-dealkylation sites (N-methyl/N-ethyl adjacent to an activating group) is 1. The molecule has 0 N–H and O–H groups in total. The predicted molar refractivity (Wildman–Crippen MR) is 131 cm³/mol. The maximum atomic E-state index is 13.8. The number of nitrogens with zero attached hydrogens (tertiary/aromatic N) is 3. The van der Waals surface area contributed by atoms with Crippen LogP contribution in [-0.2, 0) is 9.59 Å². The minimum absolute atomic E-state index is 0.0191. The van der Waals surface area contributed by atoms with Crippen LogP contribution in [0.5, 0.6) is 5.75 Å². The first kappa shape index (κ1) is 23.8. The minimum atomic E-state index is -0.115. The van der Waals surface area contributed by atoms with Gasteiger partial charge < -0.3 is 14.5 Å². The van der Waals surface area contributed by atoms with Gasteiger partial charge in [-0.15, -0.1) is 0 Å². The minimum Gasteiger partial charge on any atom is -0.493 e. The van der Waals surface area contributed by atoms with E-state index in [2.05, 4.69) is 30.6 Å². The average molecular weight is 454 g/mol. The molecule has 0 unspecified atom stereocenters. The second-order valence-electron chi connectivity index (χ2n) is 10.00. The molecule has 1 aliphatic carbocycles. The van der Waals surface area contributed by atoms with Gasteiger partial charge in [0.2, 0.25) is 0 Å². The Morgan fingerprint density at radius 3 is 2.12 bits per heavy atom. The molecule has 2 fully saturated rings. The van der Waals surface area contributed by atoms with Gasteiger partial charge in [0.1, 0.15) is 11.4 Å². The monoisotopic (exact) mass is 453 g/mol. The molecule has 0 bridgehead atoms. The Bertz CT molecular complexity index is 861. The zero-order valence-electron chi connectivity index (χ0n) is 20.5. The van der Waals surface area contributed by atoms with Crippen molar-refractivity contribution in [1.82, 2.24) is 14.7 Å². The van der Waals surface area contributed by atoms with Crippen LogP contribution in [-0.4, -0.2) is 71.9 Å². The largest absolute Gasteiger partial charge is 0.493 e. The van der Waals surface area contributed by atoms with Gasteiger partial charge in [0.25, 0.3) is 11.8 Å². The first-order valence-corrected chi connectivity index (χ1v) is 12.8. The van der Waals surface area contributed by atoms with E-state index in [1.54, 1.807) is 4.90 Å². The summed E-state index contributed by atoms with van der Waals surface area (Å²) >= 11 is 0. The van der Waals surface area contributed by atoms with Crippen LogP contribution in [0.3, 0.4) is 0 Å². The topological polar surface area (TPSA) is 53.1 Å². The molecular weight excluding hydrogens is 414 g/mol. The van der Waals surface area contributed by atoms with Crippen molar-refractivity contribution in [2.45, 2.75) is 65.3 Å². The summed E-state index contributed by atoms with van der Waals surface area (Å²) in [5, 5.41) is 0. The average Bonchev–Trinajstić information content (AvgIpc) is 2.98. The summed E-state index contributed by atoms with van der Waals surface area (Å²) in [6, 6.07) is 7.74. The summed E-state index contributed by atoms with van der Waals surface area (Å²) in [4.78, 5) is 33.7. The number of hydrogen-bond donors (Lipinski definition) is 0. The molecule has 180 valence electrons. The number of benzene rings is 1. The SMILES string of the molecule is CCN1CCN(C2=C(c3ccc(OCC(C)C)cc3)C(=O)N(C3CCCCCC3)C2=O)CC1. The molecule has 6 heteroatoms. The number of carbonyl (C=O) groups excluding carboxylic acids is 2. The molecule has 0 spiro atoms. The summed E-state index contributed by atoms with van der Waals surface area (Å²) < 4.78 is 5.84. The molecule has 1 aromatic rings. The summed E-state index contributed by atoms with van der Waals surface area (Å²) in [5.74, 6) is 1.04. The lowest BCUT2D eigenvalue weighted by molar-refractivity contribution is -0.140.